The number of hydrogen-bond donors (Lipinski definition) is 0. The fourth-order valence-electron chi connectivity index (χ4n) is 6.26. The second-order valence-electron chi connectivity index (χ2n) is 17.5. The van der Waals surface area contributed by atoms with Crippen LogP contribution in [-0.2, 0) is 62.0 Å². The number of fused-ring (bicyclic) bond motifs is 3. The monoisotopic (exact) mass is 703 g/mol. The van der Waals surface area contributed by atoms with Crippen LogP contribution >= 0.6 is 0 Å². The lowest BCUT2D eigenvalue weighted by atomic mass is 9.82. The molecular formula is C44H57N5O3. The van der Waals surface area contributed by atoms with E-state index in [4.69, 9.17) is 4.74 Å². The Hall–Kier alpha value is -4.72. The van der Waals surface area contributed by atoms with E-state index in [1.54, 1.807) is 24.7 Å². The van der Waals surface area contributed by atoms with Crippen LogP contribution in [0.1, 0.15) is 134 Å². The van der Waals surface area contributed by atoms with E-state index in [2.05, 4.69) is 121 Å². The Bertz CT molecular complexity index is 1930. The lowest BCUT2D eigenvalue weighted by Gasteiger charge is -2.26. The van der Waals surface area contributed by atoms with Crippen molar-refractivity contribution in [2.45, 2.75) is 131 Å². The molecule has 276 valence electrons. The highest BCUT2D eigenvalue weighted by Gasteiger charge is 2.26. The third kappa shape index (κ3) is 10.4. The summed E-state index contributed by atoms with van der Waals surface area (Å²) in [5.74, 6) is -0.0397. The van der Waals surface area contributed by atoms with Crippen molar-refractivity contribution in [2.75, 3.05) is 0 Å². The van der Waals surface area contributed by atoms with Crippen molar-refractivity contribution < 1.29 is 14.3 Å². The summed E-state index contributed by atoms with van der Waals surface area (Å²) in [6.07, 6.45) is 18.9. The van der Waals surface area contributed by atoms with Crippen LogP contribution in [-0.4, -0.2) is 36.5 Å². The van der Waals surface area contributed by atoms with Crippen molar-refractivity contribution in [2.24, 2.45) is 0 Å². The molecule has 0 saturated carbocycles. The summed E-state index contributed by atoms with van der Waals surface area (Å²) in [7, 11) is 0. The predicted molar refractivity (Wildman–Crippen MR) is 210 cm³/mol. The molecule has 8 heteroatoms. The molecule has 5 heterocycles. The molecule has 0 N–H and O–H groups in total. The first kappa shape index (κ1) is 40.1. The Morgan fingerprint density at radius 3 is 1.67 bits per heavy atom. The largest absolute Gasteiger partial charge is 0.460 e. The molecule has 3 aliphatic rings. The van der Waals surface area contributed by atoms with Gasteiger partial charge in [0, 0.05) is 48.5 Å². The fraction of sp³-hybridized carbons (Fsp3) is 0.455. The lowest BCUT2D eigenvalue weighted by Crippen LogP contribution is -2.23. The molecule has 52 heavy (non-hydrogen) atoms. The van der Waals surface area contributed by atoms with E-state index >= 15 is 0 Å². The molecule has 0 fully saturated rings. The smallest absolute Gasteiger partial charge is 0.312 e. The number of carbonyl (C=O) groups excluding carboxylic acids is 2. The average molecular weight is 704 g/mol. The Kier molecular flexibility index (Phi) is 12.2. The molecule has 0 unspecified atom stereocenters. The van der Waals surface area contributed by atoms with E-state index in [9.17, 15) is 9.59 Å². The van der Waals surface area contributed by atoms with Crippen LogP contribution in [0, 0.1) is 0 Å². The quantitative estimate of drug-likeness (QED) is 0.169. The van der Waals surface area contributed by atoms with Crippen LogP contribution in [0.25, 0.3) is 12.2 Å². The normalized spacial score (nSPS) is 14.7. The van der Waals surface area contributed by atoms with Crippen molar-refractivity contribution in [3.05, 3.63) is 118 Å². The third-order valence-electron chi connectivity index (χ3n) is 8.97. The Morgan fingerprint density at radius 1 is 0.615 bits per heavy atom. The van der Waals surface area contributed by atoms with Crippen molar-refractivity contribution in [3.8, 4) is 0 Å². The number of ketones is 1. The Balaban J connectivity index is 0.000000158. The van der Waals surface area contributed by atoms with Crippen LogP contribution in [0.3, 0.4) is 0 Å². The second kappa shape index (κ2) is 15.9. The van der Waals surface area contributed by atoms with Gasteiger partial charge < -0.3 is 4.74 Å². The maximum absolute atomic E-state index is 11.3. The number of esters is 1. The summed E-state index contributed by atoms with van der Waals surface area (Å²) >= 11 is 0. The molecule has 0 bridgehead atoms. The summed E-state index contributed by atoms with van der Waals surface area (Å²) in [6.45, 7) is 26.5. The van der Waals surface area contributed by atoms with Gasteiger partial charge in [0.2, 0.25) is 0 Å². The fourth-order valence-corrected chi connectivity index (χ4v) is 6.26. The van der Waals surface area contributed by atoms with Gasteiger partial charge in [-0.05, 0) is 95.7 Å². The van der Waals surface area contributed by atoms with Gasteiger partial charge in [-0.1, -0.05) is 74.5 Å². The van der Waals surface area contributed by atoms with E-state index in [0.717, 1.165) is 28.9 Å². The number of aromatic nitrogens is 5. The van der Waals surface area contributed by atoms with Gasteiger partial charge in [-0.3, -0.25) is 29.2 Å². The summed E-state index contributed by atoms with van der Waals surface area (Å²) in [4.78, 5) is 35.3. The van der Waals surface area contributed by atoms with E-state index in [0.29, 0.717) is 19.4 Å². The zero-order valence-electron chi connectivity index (χ0n) is 33.3. The topological polar surface area (TPSA) is 99.9 Å². The average Bonchev–Trinajstić information content (AvgIpc) is 3.77. The van der Waals surface area contributed by atoms with Gasteiger partial charge >= 0.3 is 5.97 Å². The Labute approximate surface area is 310 Å². The van der Waals surface area contributed by atoms with Crippen molar-refractivity contribution in [1.29, 1.82) is 0 Å². The van der Waals surface area contributed by atoms with Gasteiger partial charge in [0.05, 0.1) is 35.5 Å². The molecule has 7 rings (SSSR count). The molecule has 8 nitrogen and oxygen atoms in total. The molecule has 4 aromatic heterocycles. The Morgan fingerprint density at radius 2 is 1.15 bits per heavy atom. The molecule has 0 saturated heterocycles. The summed E-state index contributed by atoms with van der Waals surface area (Å²) in [5, 5.41) is 4.10. The van der Waals surface area contributed by atoms with E-state index in [-0.39, 0.29) is 33.5 Å². The number of carbonyl (C=O) groups is 2. The van der Waals surface area contributed by atoms with Crippen LogP contribution in [0.2, 0.25) is 0 Å². The van der Waals surface area contributed by atoms with Gasteiger partial charge in [0.1, 0.15) is 6.61 Å². The molecule has 0 amide bonds. The minimum atomic E-state index is -0.180. The molecule has 0 atom stereocenters. The first-order valence-corrected chi connectivity index (χ1v) is 18.1. The first-order valence-electron chi connectivity index (χ1n) is 18.1. The number of hydrogen-bond acceptors (Lipinski definition) is 7. The number of allylic oxidation sites excluding steroid dienone is 2. The summed E-state index contributed by atoms with van der Waals surface area (Å²) < 4.78 is 7.00. The van der Waals surface area contributed by atoms with Crippen LogP contribution < -0.4 is 0 Å². The highest BCUT2D eigenvalue weighted by Crippen LogP contribution is 2.32. The van der Waals surface area contributed by atoms with Crippen molar-refractivity contribution >= 4 is 23.9 Å². The summed E-state index contributed by atoms with van der Waals surface area (Å²) in [6, 6.07) is 8.12. The molecular weight excluding hydrogens is 647 g/mol. The van der Waals surface area contributed by atoms with Gasteiger partial charge in [-0.25, -0.2) is 0 Å². The van der Waals surface area contributed by atoms with Crippen LogP contribution in [0.5, 0.6) is 0 Å². The highest BCUT2D eigenvalue weighted by atomic mass is 16.5. The molecule has 1 aliphatic heterocycles. The maximum Gasteiger partial charge on any atom is 0.312 e. The standard InChI is InChI=1S/C13H15NO.C12H15NO2.C12H15N.C7H12N2/c1-13(2,3)11-6-7-14-12-8-9(15)4-5-10(11)12;1-12(2,3)9-4-5-13-10-6-11(14)15-7-8(9)10;1-12(2,3)10-7-8-13-11-6-4-5-9(10)11;1-7(2,3)9-6-4-5-8-9/h4-7H,8H2,1-3H3;4-5H,6-7H2,1-3H3;4-5,7-8H,6H2,1-3H3;4-6H,1-3H3. The minimum absolute atomic E-state index is 0.0662. The number of nitrogens with zero attached hydrogens (tertiary/aromatic N) is 5. The molecule has 4 aromatic rings. The summed E-state index contributed by atoms with van der Waals surface area (Å²) in [5.41, 5.74) is 11.0. The molecule has 0 aromatic carbocycles. The first-order chi connectivity index (χ1) is 24.2. The van der Waals surface area contributed by atoms with E-state index in [1.165, 1.54) is 27.9 Å². The maximum atomic E-state index is 11.3. The van der Waals surface area contributed by atoms with Gasteiger partial charge in [0.25, 0.3) is 0 Å². The zero-order chi connectivity index (χ0) is 38.5. The van der Waals surface area contributed by atoms with Gasteiger partial charge in [-0.2, -0.15) is 5.10 Å². The SMILES string of the molecule is CC(C)(C)c1ccnc2c1C=CC(=O)C2.CC(C)(C)c1ccnc2c1C=CC2.CC(C)(C)c1ccnc2c1COC(=O)C2.CC(C)(C)n1cccn1. The number of cyclic esters (lactones) is 1. The lowest BCUT2D eigenvalue weighted by molar-refractivity contribution is -0.145. The zero-order valence-corrected chi connectivity index (χ0v) is 33.3. The molecule has 0 radical (unpaired) electrons. The van der Waals surface area contributed by atoms with E-state index < -0.39 is 0 Å². The van der Waals surface area contributed by atoms with Crippen molar-refractivity contribution in [1.82, 2.24) is 24.7 Å². The van der Waals surface area contributed by atoms with Gasteiger partial charge in [0.15, 0.2) is 5.78 Å². The molecule has 2 aliphatic carbocycles. The molecule has 0 spiro atoms. The van der Waals surface area contributed by atoms with Crippen molar-refractivity contribution in [3.63, 3.8) is 0 Å². The predicted octanol–water partition coefficient (Wildman–Crippen LogP) is 9.08. The number of rotatable bonds is 0. The van der Waals surface area contributed by atoms with Crippen LogP contribution in [0.15, 0.2) is 67.4 Å². The van der Waals surface area contributed by atoms with Gasteiger partial charge in [-0.15, -0.1) is 0 Å². The van der Waals surface area contributed by atoms with Crippen LogP contribution in [0.4, 0.5) is 0 Å². The number of ether oxygens (including phenoxy) is 1. The number of pyridine rings is 3. The van der Waals surface area contributed by atoms with E-state index in [1.807, 2.05) is 41.4 Å². The third-order valence-corrected chi connectivity index (χ3v) is 8.97. The highest BCUT2D eigenvalue weighted by molar-refractivity contribution is 5.98. The second-order valence-corrected chi connectivity index (χ2v) is 17.5. The minimum Gasteiger partial charge on any atom is -0.460 e.